The van der Waals surface area contributed by atoms with Crippen LogP contribution >= 0.6 is 11.6 Å². The third-order valence-electron chi connectivity index (χ3n) is 3.35. The summed E-state index contributed by atoms with van der Waals surface area (Å²) in [6, 6.07) is 4.03. The van der Waals surface area contributed by atoms with E-state index in [4.69, 9.17) is 22.1 Å². The van der Waals surface area contributed by atoms with Crippen molar-refractivity contribution in [3.63, 3.8) is 0 Å². The van der Waals surface area contributed by atoms with Crippen LogP contribution in [0.1, 0.15) is 25.3 Å². The number of halogens is 1. The van der Waals surface area contributed by atoms with Gasteiger partial charge in [0.15, 0.2) is 0 Å². The van der Waals surface area contributed by atoms with Crippen molar-refractivity contribution in [3.05, 3.63) is 28.9 Å². The highest BCUT2D eigenvalue weighted by Crippen LogP contribution is 2.33. The maximum Gasteiger partial charge on any atom is 0.138 e. The lowest BCUT2D eigenvalue weighted by atomic mass is 10.1. The molecule has 4 heteroatoms. The normalized spacial score (nSPS) is 11.2. The van der Waals surface area contributed by atoms with Crippen LogP contribution in [0.5, 0.6) is 5.75 Å². The number of rotatable bonds is 6. The molecule has 1 aromatic heterocycles. The van der Waals surface area contributed by atoms with E-state index in [1.807, 2.05) is 12.1 Å². The van der Waals surface area contributed by atoms with Gasteiger partial charge in [0.25, 0.3) is 0 Å². The van der Waals surface area contributed by atoms with Crippen molar-refractivity contribution < 1.29 is 4.74 Å². The van der Waals surface area contributed by atoms with Crippen LogP contribution in [0.15, 0.2) is 18.3 Å². The SMILES string of the molecule is CCCn1cc(CCCN)c2cc(OC)c(Cl)cc21. The Bertz CT molecular complexity index is 563. The minimum atomic E-state index is 0.663. The molecule has 0 bridgehead atoms. The van der Waals surface area contributed by atoms with E-state index >= 15 is 0 Å². The molecule has 0 radical (unpaired) electrons. The number of aryl methyl sites for hydroxylation is 2. The molecule has 2 aromatic rings. The maximum atomic E-state index is 6.23. The third kappa shape index (κ3) is 2.88. The minimum absolute atomic E-state index is 0.663. The summed E-state index contributed by atoms with van der Waals surface area (Å²) < 4.78 is 7.59. The Morgan fingerprint density at radius 1 is 1.37 bits per heavy atom. The molecule has 1 heterocycles. The average Bonchev–Trinajstić information content (AvgIpc) is 2.73. The lowest BCUT2D eigenvalue weighted by Crippen LogP contribution is -2.00. The molecule has 2 rings (SSSR count). The van der Waals surface area contributed by atoms with Gasteiger partial charge in [-0.05, 0) is 43.5 Å². The molecule has 0 saturated heterocycles. The predicted octanol–water partition coefficient (Wildman–Crippen LogP) is 3.60. The van der Waals surface area contributed by atoms with E-state index in [1.54, 1.807) is 7.11 Å². The maximum absolute atomic E-state index is 6.23. The molecule has 19 heavy (non-hydrogen) atoms. The van der Waals surface area contributed by atoms with Crippen LogP contribution in [0.2, 0.25) is 5.02 Å². The van der Waals surface area contributed by atoms with E-state index in [-0.39, 0.29) is 0 Å². The monoisotopic (exact) mass is 280 g/mol. The molecule has 0 unspecified atom stereocenters. The van der Waals surface area contributed by atoms with E-state index < -0.39 is 0 Å². The van der Waals surface area contributed by atoms with Gasteiger partial charge in [-0.1, -0.05) is 18.5 Å². The molecular formula is C15H21ClN2O. The largest absolute Gasteiger partial charge is 0.495 e. The van der Waals surface area contributed by atoms with Crippen LogP contribution < -0.4 is 10.5 Å². The average molecular weight is 281 g/mol. The van der Waals surface area contributed by atoms with Gasteiger partial charge in [-0.3, -0.25) is 0 Å². The Balaban J connectivity index is 2.54. The number of ether oxygens (including phenoxy) is 1. The molecular weight excluding hydrogens is 260 g/mol. The standard InChI is InChI=1S/C15H21ClN2O/c1-3-7-18-10-11(5-4-6-17)12-8-15(19-2)13(16)9-14(12)18/h8-10H,3-7,17H2,1-2H3. The molecule has 0 amide bonds. The summed E-state index contributed by atoms with van der Waals surface area (Å²) in [5.41, 5.74) is 8.12. The van der Waals surface area contributed by atoms with Crippen molar-refractivity contribution in [1.29, 1.82) is 0 Å². The molecule has 0 fully saturated rings. The Morgan fingerprint density at radius 2 is 2.16 bits per heavy atom. The third-order valence-corrected chi connectivity index (χ3v) is 3.65. The highest BCUT2D eigenvalue weighted by Gasteiger charge is 2.12. The molecule has 0 saturated carbocycles. The first-order valence-electron chi connectivity index (χ1n) is 6.76. The number of nitrogens with zero attached hydrogens (tertiary/aromatic N) is 1. The molecule has 0 atom stereocenters. The first-order valence-corrected chi connectivity index (χ1v) is 7.14. The van der Waals surface area contributed by atoms with E-state index in [0.717, 1.165) is 31.6 Å². The smallest absolute Gasteiger partial charge is 0.138 e. The van der Waals surface area contributed by atoms with Crippen molar-refractivity contribution in [3.8, 4) is 5.75 Å². The fourth-order valence-electron chi connectivity index (χ4n) is 2.44. The molecule has 0 aliphatic rings. The van der Waals surface area contributed by atoms with E-state index in [1.165, 1.54) is 16.5 Å². The van der Waals surface area contributed by atoms with Gasteiger partial charge in [0.2, 0.25) is 0 Å². The van der Waals surface area contributed by atoms with Crippen LogP contribution in [0.4, 0.5) is 0 Å². The number of methoxy groups -OCH3 is 1. The Kier molecular flexibility index (Phi) is 4.72. The van der Waals surface area contributed by atoms with Crippen molar-refractivity contribution in [2.24, 2.45) is 5.73 Å². The second kappa shape index (κ2) is 6.31. The quantitative estimate of drug-likeness (QED) is 0.878. The molecule has 3 nitrogen and oxygen atoms in total. The summed E-state index contributed by atoms with van der Waals surface area (Å²) in [7, 11) is 1.65. The molecule has 0 aliphatic carbocycles. The highest BCUT2D eigenvalue weighted by atomic mass is 35.5. The summed E-state index contributed by atoms with van der Waals surface area (Å²) >= 11 is 6.23. The van der Waals surface area contributed by atoms with Crippen molar-refractivity contribution in [1.82, 2.24) is 4.57 Å². The molecule has 0 aliphatic heterocycles. The Labute approximate surface area is 119 Å². The van der Waals surface area contributed by atoms with Crippen LogP contribution in [-0.4, -0.2) is 18.2 Å². The number of hydrogen-bond donors (Lipinski definition) is 1. The number of nitrogens with two attached hydrogens (primary N) is 1. The van der Waals surface area contributed by atoms with Crippen LogP contribution in [-0.2, 0) is 13.0 Å². The summed E-state index contributed by atoms with van der Waals surface area (Å²) in [4.78, 5) is 0. The lowest BCUT2D eigenvalue weighted by molar-refractivity contribution is 0.415. The number of hydrogen-bond acceptors (Lipinski definition) is 2. The van der Waals surface area contributed by atoms with E-state index in [9.17, 15) is 0 Å². The molecule has 104 valence electrons. The van der Waals surface area contributed by atoms with Crippen molar-refractivity contribution in [2.75, 3.05) is 13.7 Å². The zero-order valence-electron chi connectivity index (χ0n) is 11.6. The first kappa shape index (κ1) is 14.2. The Morgan fingerprint density at radius 3 is 2.79 bits per heavy atom. The first-order chi connectivity index (χ1) is 9.21. The predicted molar refractivity (Wildman–Crippen MR) is 81.2 cm³/mol. The van der Waals surface area contributed by atoms with Gasteiger partial charge in [0.1, 0.15) is 5.75 Å². The van der Waals surface area contributed by atoms with Gasteiger partial charge in [0.05, 0.1) is 17.6 Å². The summed E-state index contributed by atoms with van der Waals surface area (Å²) in [5, 5.41) is 1.89. The van der Waals surface area contributed by atoms with Gasteiger partial charge in [-0.15, -0.1) is 0 Å². The molecule has 0 spiro atoms. The number of aromatic nitrogens is 1. The zero-order valence-corrected chi connectivity index (χ0v) is 12.3. The van der Waals surface area contributed by atoms with Crippen LogP contribution in [0.3, 0.4) is 0 Å². The second-order valence-corrected chi connectivity index (χ2v) is 5.15. The van der Waals surface area contributed by atoms with Crippen molar-refractivity contribution >= 4 is 22.5 Å². The number of benzene rings is 1. The summed E-state index contributed by atoms with van der Waals surface area (Å²) in [6.07, 6.45) is 5.31. The van der Waals surface area contributed by atoms with Gasteiger partial charge in [-0.2, -0.15) is 0 Å². The van der Waals surface area contributed by atoms with Crippen LogP contribution in [0, 0.1) is 0 Å². The molecule has 2 N–H and O–H groups in total. The number of fused-ring (bicyclic) bond motifs is 1. The van der Waals surface area contributed by atoms with Gasteiger partial charge < -0.3 is 15.0 Å². The fourth-order valence-corrected chi connectivity index (χ4v) is 2.67. The summed E-state index contributed by atoms with van der Waals surface area (Å²) in [6.45, 7) is 3.89. The minimum Gasteiger partial charge on any atom is -0.495 e. The second-order valence-electron chi connectivity index (χ2n) is 4.74. The van der Waals surface area contributed by atoms with Crippen molar-refractivity contribution in [2.45, 2.75) is 32.7 Å². The van der Waals surface area contributed by atoms with E-state index in [2.05, 4.69) is 17.7 Å². The van der Waals surface area contributed by atoms with Crippen LogP contribution in [0.25, 0.3) is 10.9 Å². The van der Waals surface area contributed by atoms with Gasteiger partial charge >= 0.3 is 0 Å². The van der Waals surface area contributed by atoms with Gasteiger partial charge in [-0.25, -0.2) is 0 Å². The zero-order chi connectivity index (χ0) is 13.8. The van der Waals surface area contributed by atoms with E-state index in [0.29, 0.717) is 11.6 Å². The Hall–Kier alpha value is -1.19. The lowest BCUT2D eigenvalue weighted by Gasteiger charge is -2.06. The topological polar surface area (TPSA) is 40.2 Å². The fraction of sp³-hybridized carbons (Fsp3) is 0.467. The molecule has 1 aromatic carbocycles. The highest BCUT2D eigenvalue weighted by molar-refractivity contribution is 6.32. The summed E-state index contributed by atoms with van der Waals surface area (Å²) in [5.74, 6) is 0.734. The van der Waals surface area contributed by atoms with Gasteiger partial charge in [0, 0.05) is 18.1 Å².